The molecule has 1 unspecified atom stereocenters. The van der Waals surface area contributed by atoms with Crippen LogP contribution in [0.25, 0.3) is 11.0 Å². The van der Waals surface area contributed by atoms with Crippen molar-refractivity contribution in [2.24, 2.45) is 11.8 Å². The van der Waals surface area contributed by atoms with Gasteiger partial charge in [0.1, 0.15) is 22.0 Å². The highest BCUT2D eigenvalue weighted by molar-refractivity contribution is 7.89. The van der Waals surface area contributed by atoms with E-state index in [9.17, 15) is 23.1 Å². The van der Waals surface area contributed by atoms with Crippen LogP contribution in [0.5, 0.6) is 0 Å². The molecule has 1 saturated heterocycles. The van der Waals surface area contributed by atoms with Crippen LogP contribution in [0.3, 0.4) is 0 Å². The average molecular weight is 427 g/mol. The number of carboxylic acids is 1. The molecular weight excluding hydrogens is 404 g/mol. The minimum atomic E-state index is -3.84. The lowest BCUT2D eigenvalue weighted by Gasteiger charge is -2.32. The van der Waals surface area contributed by atoms with Gasteiger partial charge in [-0.2, -0.15) is 13.1 Å². The molecule has 2 heterocycles. The van der Waals surface area contributed by atoms with E-state index >= 15 is 0 Å². The van der Waals surface area contributed by atoms with Crippen LogP contribution in [0.15, 0.2) is 23.1 Å². The normalized spacial score (nSPS) is 19.6. The first-order valence-electron chi connectivity index (χ1n) is 8.96. The zero-order valence-corrected chi connectivity index (χ0v) is 17.2. The monoisotopic (exact) mass is 426 g/mol. The summed E-state index contributed by atoms with van der Waals surface area (Å²) >= 11 is 0.945. The highest BCUT2D eigenvalue weighted by atomic mass is 32.2. The van der Waals surface area contributed by atoms with Gasteiger partial charge in [0.05, 0.1) is 17.6 Å². The fraction of sp³-hybridized carbons (Fsp3) is 0.529. The average Bonchev–Trinajstić information content (AvgIpc) is 3.14. The Morgan fingerprint density at radius 2 is 2.07 bits per heavy atom. The Labute approximate surface area is 167 Å². The fourth-order valence-electron chi connectivity index (χ4n) is 3.29. The van der Waals surface area contributed by atoms with Crippen molar-refractivity contribution in [1.82, 2.24) is 18.4 Å². The van der Waals surface area contributed by atoms with Gasteiger partial charge in [-0.1, -0.05) is 19.9 Å². The maximum Gasteiger partial charge on any atom is 0.326 e. The topological polar surface area (TPSA) is 130 Å². The van der Waals surface area contributed by atoms with Crippen LogP contribution in [0.2, 0.25) is 0 Å². The molecule has 28 heavy (non-hydrogen) atoms. The SMILES string of the molecule is CC(C)[C@H](NC(=O)C1CCCN(S(=O)(=O)c2cccc3nsnc23)C1)C(=O)O. The summed E-state index contributed by atoms with van der Waals surface area (Å²) < 4.78 is 35.7. The number of hydrogen-bond acceptors (Lipinski definition) is 7. The van der Waals surface area contributed by atoms with Crippen LogP contribution >= 0.6 is 11.7 Å². The van der Waals surface area contributed by atoms with Crippen molar-refractivity contribution in [3.63, 3.8) is 0 Å². The first-order valence-corrected chi connectivity index (χ1v) is 11.1. The minimum absolute atomic E-state index is 0.00650. The Balaban J connectivity index is 1.80. The predicted molar refractivity (Wildman–Crippen MR) is 103 cm³/mol. The molecule has 0 spiro atoms. The van der Waals surface area contributed by atoms with E-state index in [0.29, 0.717) is 30.4 Å². The number of fused-ring (bicyclic) bond motifs is 1. The van der Waals surface area contributed by atoms with Crippen LogP contribution in [-0.2, 0) is 19.6 Å². The standard InChI is InChI=1S/C17H22N4O5S2/c1-10(2)14(17(23)24)18-16(22)11-5-4-8-21(9-11)28(25,26)13-7-3-6-12-15(13)20-27-19-12/h3,6-7,10-11,14H,4-5,8-9H2,1-2H3,(H,18,22)(H,23,24)/t11?,14-/m0/s1. The van der Waals surface area contributed by atoms with E-state index in [0.717, 1.165) is 11.7 Å². The fourth-order valence-corrected chi connectivity index (χ4v) is 5.56. The van der Waals surface area contributed by atoms with Gasteiger partial charge in [-0.05, 0) is 30.9 Å². The van der Waals surface area contributed by atoms with Gasteiger partial charge >= 0.3 is 5.97 Å². The number of piperidine rings is 1. The molecule has 0 aliphatic carbocycles. The van der Waals surface area contributed by atoms with E-state index in [1.165, 1.54) is 10.4 Å². The van der Waals surface area contributed by atoms with E-state index in [1.54, 1.807) is 26.0 Å². The van der Waals surface area contributed by atoms with Crippen LogP contribution in [0.1, 0.15) is 26.7 Å². The highest BCUT2D eigenvalue weighted by Crippen LogP contribution is 2.28. The molecule has 2 aromatic rings. The number of amides is 1. The van der Waals surface area contributed by atoms with Crippen molar-refractivity contribution in [2.75, 3.05) is 13.1 Å². The third-order valence-electron chi connectivity index (χ3n) is 4.85. The van der Waals surface area contributed by atoms with Crippen LogP contribution < -0.4 is 5.32 Å². The van der Waals surface area contributed by atoms with Gasteiger partial charge in [0, 0.05) is 13.1 Å². The maximum atomic E-state index is 13.1. The number of sulfonamides is 1. The zero-order valence-electron chi connectivity index (χ0n) is 15.5. The van der Waals surface area contributed by atoms with E-state index in [-0.39, 0.29) is 17.4 Å². The summed E-state index contributed by atoms with van der Waals surface area (Å²) in [7, 11) is -3.84. The van der Waals surface area contributed by atoms with E-state index in [2.05, 4.69) is 14.1 Å². The van der Waals surface area contributed by atoms with Crippen molar-refractivity contribution >= 4 is 44.7 Å². The molecule has 0 saturated carbocycles. The lowest BCUT2D eigenvalue weighted by molar-refractivity contribution is -0.144. The van der Waals surface area contributed by atoms with Gasteiger partial charge < -0.3 is 10.4 Å². The molecule has 1 amide bonds. The van der Waals surface area contributed by atoms with Crippen molar-refractivity contribution in [1.29, 1.82) is 0 Å². The molecule has 1 aromatic carbocycles. The molecule has 1 aromatic heterocycles. The Kier molecular flexibility index (Phi) is 5.96. The van der Waals surface area contributed by atoms with Crippen molar-refractivity contribution in [3.8, 4) is 0 Å². The summed E-state index contributed by atoms with van der Waals surface area (Å²) in [5, 5.41) is 11.8. The summed E-state index contributed by atoms with van der Waals surface area (Å²) in [6.45, 7) is 3.72. The number of aliphatic carboxylic acids is 1. The van der Waals surface area contributed by atoms with Crippen LogP contribution in [0, 0.1) is 11.8 Å². The molecule has 1 aliphatic rings. The highest BCUT2D eigenvalue weighted by Gasteiger charge is 2.36. The summed E-state index contributed by atoms with van der Waals surface area (Å²) in [4.78, 5) is 24.0. The van der Waals surface area contributed by atoms with Gasteiger partial charge in [-0.3, -0.25) is 4.79 Å². The number of carboxylic acid groups (broad SMARTS) is 1. The van der Waals surface area contributed by atoms with Crippen molar-refractivity contribution in [2.45, 2.75) is 37.6 Å². The van der Waals surface area contributed by atoms with E-state index in [4.69, 9.17) is 0 Å². The number of nitrogens with zero attached hydrogens (tertiary/aromatic N) is 3. The zero-order chi connectivity index (χ0) is 20.5. The number of rotatable bonds is 6. The second kappa shape index (κ2) is 8.10. The van der Waals surface area contributed by atoms with Gasteiger partial charge in [0.2, 0.25) is 15.9 Å². The van der Waals surface area contributed by atoms with E-state index < -0.39 is 33.9 Å². The molecule has 3 rings (SSSR count). The molecular formula is C17H22N4O5S2. The first kappa shape index (κ1) is 20.6. The largest absolute Gasteiger partial charge is 0.480 e. The van der Waals surface area contributed by atoms with E-state index in [1.807, 2.05) is 0 Å². The minimum Gasteiger partial charge on any atom is -0.480 e. The van der Waals surface area contributed by atoms with Crippen LogP contribution in [0.4, 0.5) is 0 Å². The second-order valence-electron chi connectivity index (χ2n) is 7.16. The molecule has 0 bridgehead atoms. The summed E-state index contributed by atoms with van der Waals surface area (Å²) in [6, 6.07) is 3.80. The molecule has 9 nitrogen and oxygen atoms in total. The molecule has 1 aliphatic heterocycles. The lowest BCUT2D eigenvalue weighted by Crippen LogP contribution is -2.50. The van der Waals surface area contributed by atoms with Crippen molar-refractivity contribution < 1.29 is 23.1 Å². The molecule has 2 atom stereocenters. The smallest absolute Gasteiger partial charge is 0.326 e. The summed E-state index contributed by atoms with van der Waals surface area (Å²) in [6.07, 6.45) is 1.02. The molecule has 11 heteroatoms. The Morgan fingerprint density at radius 1 is 1.32 bits per heavy atom. The Morgan fingerprint density at radius 3 is 2.75 bits per heavy atom. The molecule has 152 valence electrons. The third kappa shape index (κ3) is 4.01. The van der Waals surface area contributed by atoms with Gasteiger partial charge in [-0.25, -0.2) is 13.2 Å². The number of carbonyl (C=O) groups excluding carboxylic acids is 1. The number of benzene rings is 1. The van der Waals surface area contributed by atoms with Gasteiger partial charge in [0.25, 0.3) is 0 Å². The molecule has 0 radical (unpaired) electrons. The van der Waals surface area contributed by atoms with Crippen LogP contribution in [-0.4, -0.2) is 57.6 Å². The summed E-state index contributed by atoms with van der Waals surface area (Å²) in [5.41, 5.74) is 0.837. The number of nitrogens with one attached hydrogen (secondary N) is 1. The number of carbonyl (C=O) groups is 2. The predicted octanol–water partition coefficient (Wildman–Crippen LogP) is 1.32. The van der Waals surface area contributed by atoms with Gasteiger partial charge in [-0.15, -0.1) is 0 Å². The maximum absolute atomic E-state index is 13.1. The lowest BCUT2D eigenvalue weighted by atomic mass is 9.97. The van der Waals surface area contributed by atoms with Gasteiger partial charge in [0.15, 0.2) is 0 Å². The van der Waals surface area contributed by atoms with Crippen molar-refractivity contribution in [3.05, 3.63) is 18.2 Å². The number of aromatic nitrogens is 2. The second-order valence-corrected chi connectivity index (χ2v) is 9.59. The third-order valence-corrected chi connectivity index (χ3v) is 7.29. The summed E-state index contributed by atoms with van der Waals surface area (Å²) in [5.74, 6) is -2.42. The molecule has 2 N–H and O–H groups in total. The number of hydrogen-bond donors (Lipinski definition) is 2. The molecule has 1 fully saturated rings. The first-order chi connectivity index (χ1) is 13.2. The Hall–Kier alpha value is -2.11. The quantitative estimate of drug-likeness (QED) is 0.712. The Bertz CT molecular complexity index is 988.